The van der Waals surface area contributed by atoms with Gasteiger partial charge < -0.3 is 9.97 Å². The molecule has 0 unspecified atom stereocenters. The molecule has 0 fully saturated rings. The monoisotopic (exact) mass is 364 g/mol. The van der Waals surface area contributed by atoms with Crippen LogP contribution in [-0.4, -0.2) is 39.9 Å². The van der Waals surface area contributed by atoms with Crippen LogP contribution in [0, 0.1) is 9.28 Å². The predicted octanol–water partition coefficient (Wildman–Crippen LogP) is 0.192. The summed E-state index contributed by atoms with van der Waals surface area (Å²) in [6, 6.07) is 0. The van der Waals surface area contributed by atoms with E-state index < -0.39 is 0 Å². The number of rotatable bonds is 0. The smallest absolute Gasteiger partial charge is 0.323 e. The number of nitrogens with zero attached hydrogens (tertiary/aromatic N) is 4. The molecular weight excluding hydrogens is 355 g/mol. The first-order chi connectivity index (χ1) is 9.75. The largest absolute Gasteiger partial charge is 0.329 e. The van der Waals surface area contributed by atoms with Crippen LogP contribution >= 0.6 is 0 Å². The second-order valence-corrected chi connectivity index (χ2v) is 4.60. The zero-order valence-corrected chi connectivity index (χ0v) is 13.1. The van der Waals surface area contributed by atoms with Gasteiger partial charge in [-0.25, -0.2) is 19.9 Å². The Morgan fingerprint density at radius 3 is 1.38 bits per heavy atom. The maximum absolute atomic E-state index is 4.14. The van der Waals surface area contributed by atoms with Crippen LogP contribution in [0.5, 0.6) is 0 Å². The van der Waals surface area contributed by atoms with Crippen molar-refractivity contribution in [3.05, 3.63) is 34.6 Å². The molecule has 11 heteroatoms. The van der Waals surface area contributed by atoms with Gasteiger partial charge in [-0.3, -0.25) is 9.97 Å². The second kappa shape index (κ2) is 6.66. The Bertz CT molecular complexity index is 888. The number of H-pyrrole nitrogens is 4. The normalized spacial score (nSPS) is 9.90. The second-order valence-electron chi connectivity index (χ2n) is 3.70. The molecule has 0 aliphatic carbocycles. The van der Waals surface area contributed by atoms with Crippen molar-refractivity contribution in [1.29, 1.82) is 0 Å². The Labute approximate surface area is 137 Å². The summed E-state index contributed by atoms with van der Waals surface area (Å²) in [5.41, 5.74) is 3.05. The third-order valence-corrected chi connectivity index (χ3v) is 3.16. The molecule has 0 aliphatic heterocycles. The van der Waals surface area contributed by atoms with E-state index in [1.165, 1.54) is 0 Å². The number of aromatic nitrogens is 8. The molecule has 0 radical (unpaired) electrons. The van der Waals surface area contributed by atoms with Crippen molar-refractivity contribution < 1.29 is 16.5 Å². The van der Waals surface area contributed by atoms with Gasteiger partial charge in [-0.2, -0.15) is 0 Å². The van der Waals surface area contributed by atoms with Crippen molar-refractivity contribution in [2.24, 2.45) is 0 Å². The van der Waals surface area contributed by atoms with Crippen LogP contribution in [-0.2, 0) is 40.9 Å². The van der Waals surface area contributed by atoms with Crippen LogP contribution in [0.15, 0.2) is 25.3 Å². The Morgan fingerprint density at radius 2 is 1.00 bits per heavy atom. The van der Waals surface area contributed by atoms with Gasteiger partial charge in [-0.15, -0.1) is 0 Å². The van der Waals surface area contributed by atoms with Crippen LogP contribution < -0.4 is 0 Å². The minimum atomic E-state index is 0. The molecule has 0 saturated carbocycles. The Kier molecular flexibility index (Phi) is 4.89. The Hall–Kier alpha value is -1.97. The van der Waals surface area contributed by atoms with Crippen LogP contribution in [0.1, 0.15) is 0 Å². The fraction of sp³-hybridized carbons (Fsp3) is 0. The van der Waals surface area contributed by atoms with E-state index in [0.717, 1.165) is 31.6 Å². The first-order valence-corrected chi connectivity index (χ1v) is 6.42. The predicted molar refractivity (Wildman–Crippen MR) is 80.5 cm³/mol. The van der Waals surface area contributed by atoms with Crippen LogP contribution in [0.25, 0.3) is 22.3 Å². The van der Waals surface area contributed by atoms with Crippen molar-refractivity contribution >= 4 is 46.8 Å². The molecule has 110 valence electrons. The molecule has 0 atom stereocenters. The summed E-state index contributed by atoms with van der Waals surface area (Å²) < 4.78 is 1.46. The number of fused-ring (bicyclic) bond motifs is 2. The number of thiol groups is 2. The van der Waals surface area contributed by atoms with Crippen LogP contribution in [0.3, 0.4) is 0 Å². The minimum absolute atomic E-state index is 0. The summed E-state index contributed by atoms with van der Waals surface area (Å²) in [5, 5.41) is 0. The Morgan fingerprint density at radius 1 is 0.619 bits per heavy atom. The fourth-order valence-corrected chi connectivity index (χ4v) is 2.01. The van der Waals surface area contributed by atoms with Gasteiger partial charge in [0, 0.05) is 16.5 Å². The summed E-state index contributed by atoms with van der Waals surface area (Å²) in [6.45, 7) is 0. The average Bonchev–Trinajstić information content (AvgIpc) is 3.08. The molecule has 4 aromatic heterocycles. The zero-order chi connectivity index (χ0) is 13.9. The molecule has 4 rings (SSSR count). The van der Waals surface area contributed by atoms with E-state index in [1.807, 2.05) is 0 Å². The molecule has 4 aromatic rings. The molecule has 0 bridgehead atoms. The van der Waals surface area contributed by atoms with E-state index in [9.17, 15) is 0 Å². The number of aromatic amines is 4. The van der Waals surface area contributed by atoms with Crippen molar-refractivity contribution in [3.8, 4) is 0 Å². The van der Waals surface area contributed by atoms with Crippen molar-refractivity contribution in [1.82, 2.24) is 39.9 Å². The van der Waals surface area contributed by atoms with Crippen molar-refractivity contribution in [2.75, 3.05) is 0 Å². The first-order valence-electron chi connectivity index (χ1n) is 5.53. The van der Waals surface area contributed by atoms with Gasteiger partial charge in [0.1, 0.15) is 0 Å². The van der Waals surface area contributed by atoms with Crippen LogP contribution in [0.2, 0.25) is 0 Å². The third kappa shape index (κ3) is 3.20. The minimum Gasteiger partial charge on any atom is -0.329 e. The molecular formula is C10H10N8NiS2+2. The van der Waals surface area contributed by atoms with Gasteiger partial charge >= 0.3 is 9.28 Å². The van der Waals surface area contributed by atoms with Gasteiger partial charge in [0.2, 0.25) is 0 Å². The maximum Gasteiger partial charge on any atom is 0.323 e. The van der Waals surface area contributed by atoms with E-state index >= 15 is 0 Å². The third-order valence-electron chi connectivity index (χ3n) is 2.48. The number of nitrogens with one attached hydrogen (secondary N) is 4. The van der Waals surface area contributed by atoms with E-state index in [2.05, 4.69) is 64.3 Å². The Balaban J connectivity index is 0.000000147. The van der Waals surface area contributed by atoms with Gasteiger partial charge in [-0.1, -0.05) is 0 Å². The number of imidazole rings is 2. The summed E-state index contributed by atoms with van der Waals surface area (Å²) >= 11 is 8.28. The van der Waals surface area contributed by atoms with Gasteiger partial charge in [-0.05, 0) is 0 Å². The van der Waals surface area contributed by atoms with Gasteiger partial charge in [0.15, 0.2) is 46.8 Å². The topological polar surface area (TPSA) is 115 Å². The molecule has 21 heavy (non-hydrogen) atoms. The number of hydrogen-bond acceptors (Lipinski definition) is 4. The van der Waals surface area contributed by atoms with E-state index in [1.54, 1.807) is 25.3 Å². The molecule has 4 heterocycles. The average molecular weight is 365 g/mol. The molecule has 0 aromatic carbocycles. The van der Waals surface area contributed by atoms with Gasteiger partial charge in [0.05, 0.1) is 25.3 Å². The van der Waals surface area contributed by atoms with Crippen LogP contribution in [0.4, 0.5) is 0 Å². The van der Waals surface area contributed by atoms with E-state index in [4.69, 9.17) is 0 Å². The van der Waals surface area contributed by atoms with Crippen molar-refractivity contribution in [2.45, 2.75) is 0 Å². The molecule has 0 aliphatic rings. The quantitative estimate of drug-likeness (QED) is 0.154. The summed E-state index contributed by atoms with van der Waals surface area (Å²) in [4.78, 5) is 27.3. The maximum atomic E-state index is 4.14. The van der Waals surface area contributed by atoms with Gasteiger partial charge in [0.25, 0.3) is 0 Å². The molecule has 0 saturated heterocycles. The summed E-state index contributed by atoms with van der Waals surface area (Å²) in [6.07, 6.45) is 6.32. The summed E-state index contributed by atoms with van der Waals surface area (Å²) in [7, 11) is 0. The SMILES string of the molecule is [Ni].[SH+]=c1[nH]cnc2[nH]cnc12.[SH+]=c1[nH]cnc2[nH]cnc12. The number of hydrogen-bond donors (Lipinski definition) is 4. The molecule has 0 spiro atoms. The molecule has 8 nitrogen and oxygen atoms in total. The fourth-order valence-electron chi connectivity index (χ4n) is 1.57. The standard InChI is InChI=1S/2C5H4N4S.Ni/c2*10-5-3-4(7-1-6-3)8-2-9-5;/h2*1-2H,(H2,6,7,8,9,10);/p+2. The first kappa shape index (κ1) is 15.4. The zero-order valence-electron chi connectivity index (χ0n) is 10.3. The summed E-state index contributed by atoms with van der Waals surface area (Å²) in [5.74, 6) is 0. The molecule has 0 amide bonds. The van der Waals surface area contributed by atoms with E-state index in [0.29, 0.717) is 0 Å². The molecule has 4 N–H and O–H groups in total. The van der Waals surface area contributed by atoms with Crippen molar-refractivity contribution in [3.63, 3.8) is 0 Å². The van der Waals surface area contributed by atoms with E-state index in [-0.39, 0.29) is 16.5 Å².